The number of hydrogen-bond donors (Lipinski definition) is 2. The van der Waals surface area contributed by atoms with E-state index in [1.165, 1.54) is 5.56 Å². The van der Waals surface area contributed by atoms with Gasteiger partial charge in [0.05, 0.1) is 0 Å². The van der Waals surface area contributed by atoms with Crippen LogP contribution in [0, 0.1) is 6.92 Å². The first-order valence-corrected chi connectivity index (χ1v) is 6.28. The van der Waals surface area contributed by atoms with Crippen LogP contribution in [0.4, 0.5) is 0 Å². The predicted molar refractivity (Wildman–Crippen MR) is 70.4 cm³/mol. The zero-order valence-electron chi connectivity index (χ0n) is 10.9. The van der Waals surface area contributed by atoms with Crippen LogP contribution in [0.1, 0.15) is 24.8 Å². The maximum absolute atomic E-state index is 11.5. The Balaban J connectivity index is 2.03. The van der Waals surface area contributed by atoms with E-state index in [4.69, 9.17) is 10.5 Å². The van der Waals surface area contributed by atoms with E-state index >= 15 is 0 Å². The fourth-order valence-corrected chi connectivity index (χ4v) is 2.56. The third-order valence-corrected chi connectivity index (χ3v) is 3.71. The van der Waals surface area contributed by atoms with Gasteiger partial charge in [0.1, 0.15) is 17.4 Å². The Labute approximate surface area is 108 Å². The van der Waals surface area contributed by atoms with Gasteiger partial charge < -0.3 is 15.8 Å². The molecule has 98 valence electrons. The van der Waals surface area contributed by atoms with Crippen LogP contribution in [0.5, 0.6) is 5.75 Å². The average Bonchev–Trinajstić information content (AvgIpc) is 2.74. The minimum absolute atomic E-state index is 0.0479. The van der Waals surface area contributed by atoms with E-state index in [-0.39, 0.29) is 12.0 Å². The third-order valence-electron chi connectivity index (χ3n) is 3.71. The second-order valence-electron chi connectivity index (χ2n) is 5.00. The summed E-state index contributed by atoms with van der Waals surface area (Å²) < 4.78 is 5.92. The van der Waals surface area contributed by atoms with E-state index in [0.29, 0.717) is 6.42 Å². The number of ether oxygens (including phenoxy) is 1. The Morgan fingerprint density at radius 2 is 2.33 bits per heavy atom. The van der Waals surface area contributed by atoms with Crippen LogP contribution in [0.2, 0.25) is 0 Å². The van der Waals surface area contributed by atoms with Crippen LogP contribution >= 0.6 is 0 Å². The molecule has 1 aliphatic rings. The van der Waals surface area contributed by atoms with Crippen molar-refractivity contribution in [3.05, 3.63) is 29.8 Å². The molecule has 2 rings (SSSR count). The Hall–Kier alpha value is -1.55. The van der Waals surface area contributed by atoms with Crippen molar-refractivity contribution in [1.82, 2.24) is 5.32 Å². The van der Waals surface area contributed by atoms with Gasteiger partial charge in [-0.05, 0) is 44.5 Å². The molecule has 3 N–H and O–H groups in total. The van der Waals surface area contributed by atoms with Gasteiger partial charge >= 0.3 is 0 Å². The number of carbonyl (C=O) groups excluding carboxylic acids is 1. The summed E-state index contributed by atoms with van der Waals surface area (Å²) in [4.78, 5) is 11.5. The highest BCUT2D eigenvalue weighted by molar-refractivity contribution is 5.85. The molecular formula is C14H20N2O2. The second kappa shape index (κ2) is 4.98. The number of amides is 1. The topological polar surface area (TPSA) is 64.3 Å². The fourth-order valence-electron chi connectivity index (χ4n) is 2.56. The van der Waals surface area contributed by atoms with Gasteiger partial charge in [0.15, 0.2) is 0 Å². The van der Waals surface area contributed by atoms with Crippen molar-refractivity contribution in [3.8, 4) is 5.75 Å². The number of carbonyl (C=O) groups is 1. The highest BCUT2D eigenvalue weighted by Crippen LogP contribution is 2.32. The van der Waals surface area contributed by atoms with Gasteiger partial charge in [0.25, 0.3) is 0 Å². The van der Waals surface area contributed by atoms with Crippen LogP contribution in [-0.2, 0) is 4.79 Å². The Bertz CT molecular complexity index is 447. The van der Waals surface area contributed by atoms with Crippen molar-refractivity contribution in [2.75, 3.05) is 7.05 Å². The number of hydrogen-bond acceptors (Lipinski definition) is 3. The molecule has 18 heavy (non-hydrogen) atoms. The van der Waals surface area contributed by atoms with Crippen LogP contribution in [0.15, 0.2) is 24.3 Å². The third kappa shape index (κ3) is 2.48. The lowest BCUT2D eigenvalue weighted by Gasteiger charge is -2.24. The molecule has 2 unspecified atom stereocenters. The molecule has 4 nitrogen and oxygen atoms in total. The minimum Gasteiger partial charge on any atom is -0.490 e. The summed E-state index contributed by atoms with van der Waals surface area (Å²) >= 11 is 0. The van der Waals surface area contributed by atoms with Gasteiger partial charge in [-0.15, -0.1) is 0 Å². The van der Waals surface area contributed by atoms with Gasteiger partial charge in [0.2, 0.25) is 5.91 Å². The van der Waals surface area contributed by atoms with Crippen molar-refractivity contribution < 1.29 is 9.53 Å². The summed E-state index contributed by atoms with van der Waals surface area (Å²) in [5, 5.41) is 3.05. The lowest BCUT2D eigenvalue weighted by Crippen LogP contribution is -2.52. The molecule has 4 heteroatoms. The summed E-state index contributed by atoms with van der Waals surface area (Å²) in [5.41, 5.74) is 6.03. The lowest BCUT2D eigenvalue weighted by molar-refractivity contribution is -0.124. The van der Waals surface area contributed by atoms with Crippen molar-refractivity contribution >= 4 is 5.91 Å². The lowest BCUT2D eigenvalue weighted by atomic mass is 9.97. The molecule has 0 saturated heterocycles. The molecule has 2 atom stereocenters. The Morgan fingerprint density at radius 1 is 1.56 bits per heavy atom. The summed E-state index contributed by atoms with van der Waals surface area (Å²) in [6.45, 7) is 2.03. The molecule has 0 aliphatic heterocycles. The standard InChI is InChI=1S/C14H20N2O2/c1-10-4-3-5-11(8-10)18-12-6-7-14(9-12,16-2)13(15)17/h3-5,8,12,16H,6-7,9H2,1-2H3,(H2,15,17). The van der Waals surface area contributed by atoms with E-state index in [1.54, 1.807) is 7.05 Å². The summed E-state index contributed by atoms with van der Waals surface area (Å²) in [6, 6.07) is 7.95. The fraction of sp³-hybridized carbons (Fsp3) is 0.500. The number of nitrogens with two attached hydrogens (primary N) is 1. The normalized spacial score (nSPS) is 27.1. The molecule has 1 aliphatic carbocycles. The molecule has 1 saturated carbocycles. The van der Waals surface area contributed by atoms with E-state index in [0.717, 1.165) is 18.6 Å². The largest absolute Gasteiger partial charge is 0.490 e. The minimum atomic E-state index is -0.603. The first-order chi connectivity index (χ1) is 8.55. The molecule has 0 radical (unpaired) electrons. The van der Waals surface area contributed by atoms with Gasteiger partial charge in [-0.25, -0.2) is 0 Å². The average molecular weight is 248 g/mol. The first kappa shape index (κ1) is 12.9. The van der Waals surface area contributed by atoms with E-state index in [2.05, 4.69) is 5.32 Å². The SMILES string of the molecule is CNC1(C(N)=O)CCC(Oc2cccc(C)c2)C1. The van der Waals surface area contributed by atoms with Crippen LogP contribution in [0.3, 0.4) is 0 Å². The van der Waals surface area contributed by atoms with Gasteiger partial charge in [-0.3, -0.25) is 4.79 Å². The summed E-state index contributed by atoms with van der Waals surface area (Å²) in [7, 11) is 1.78. The van der Waals surface area contributed by atoms with E-state index in [1.807, 2.05) is 31.2 Å². The molecule has 1 amide bonds. The smallest absolute Gasteiger partial charge is 0.237 e. The number of primary amides is 1. The zero-order valence-corrected chi connectivity index (χ0v) is 10.9. The van der Waals surface area contributed by atoms with Crippen LogP contribution in [0.25, 0.3) is 0 Å². The van der Waals surface area contributed by atoms with Gasteiger partial charge in [-0.1, -0.05) is 12.1 Å². The Morgan fingerprint density at radius 3 is 2.89 bits per heavy atom. The quantitative estimate of drug-likeness (QED) is 0.846. The van der Waals surface area contributed by atoms with Crippen molar-refractivity contribution in [2.24, 2.45) is 5.73 Å². The van der Waals surface area contributed by atoms with Crippen molar-refractivity contribution in [1.29, 1.82) is 0 Å². The Kier molecular flexibility index (Phi) is 3.57. The van der Waals surface area contributed by atoms with Gasteiger partial charge in [-0.2, -0.15) is 0 Å². The summed E-state index contributed by atoms with van der Waals surface area (Å²) in [6.07, 6.45) is 2.26. The second-order valence-corrected chi connectivity index (χ2v) is 5.00. The van der Waals surface area contributed by atoms with E-state index < -0.39 is 5.54 Å². The molecule has 1 aromatic rings. The molecule has 1 aromatic carbocycles. The maximum atomic E-state index is 11.5. The maximum Gasteiger partial charge on any atom is 0.237 e. The van der Waals surface area contributed by atoms with Crippen molar-refractivity contribution in [3.63, 3.8) is 0 Å². The number of likely N-dealkylation sites (N-methyl/N-ethyl adjacent to an activating group) is 1. The number of aryl methyl sites for hydroxylation is 1. The molecule has 1 fully saturated rings. The number of nitrogens with one attached hydrogen (secondary N) is 1. The molecule has 0 heterocycles. The van der Waals surface area contributed by atoms with E-state index in [9.17, 15) is 4.79 Å². The monoisotopic (exact) mass is 248 g/mol. The first-order valence-electron chi connectivity index (χ1n) is 6.28. The molecular weight excluding hydrogens is 228 g/mol. The molecule has 0 bridgehead atoms. The highest BCUT2D eigenvalue weighted by atomic mass is 16.5. The number of rotatable bonds is 4. The molecule has 0 spiro atoms. The highest BCUT2D eigenvalue weighted by Gasteiger charge is 2.43. The predicted octanol–water partition coefficient (Wildman–Crippen LogP) is 1.37. The van der Waals surface area contributed by atoms with Crippen LogP contribution in [-0.4, -0.2) is 24.6 Å². The molecule has 0 aromatic heterocycles. The zero-order chi connectivity index (χ0) is 13.2. The van der Waals surface area contributed by atoms with Crippen molar-refractivity contribution in [2.45, 2.75) is 37.8 Å². The number of benzene rings is 1. The van der Waals surface area contributed by atoms with Gasteiger partial charge in [0, 0.05) is 6.42 Å². The van der Waals surface area contributed by atoms with Crippen LogP contribution < -0.4 is 15.8 Å². The summed E-state index contributed by atoms with van der Waals surface area (Å²) in [5.74, 6) is 0.566.